The number of hydrogen-bond acceptors (Lipinski definition) is 3. The van der Waals surface area contributed by atoms with Gasteiger partial charge in [-0.05, 0) is 31.2 Å². The summed E-state index contributed by atoms with van der Waals surface area (Å²) >= 11 is 0. The first kappa shape index (κ1) is 16.9. The summed E-state index contributed by atoms with van der Waals surface area (Å²) in [7, 11) is 0. The van der Waals surface area contributed by atoms with E-state index in [1.807, 2.05) is 31.3 Å². The molecule has 1 aliphatic rings. The number of carbonyl (C=O) groups is 1. The molecule has 0 bridgehead atoms. The number of aromatic amines is 1. The second kappa shape index (κ2) is 7.77. The molecule has 0 radical (unpaired) electrons. The zero-order valence-corrected chi connectivity index (χ0v) is 14.3. The van der Waals surface area contributed by atoms with Crippen molar-refractivity contribution in [3.05, 3.63) is 54.2 Å². The minimum Gasteiger partial charge on any atom is -0.321 e. The van der Waals surface area contributed by atoms with E-state index < -0.39 is 0 Å². The molecule has 1 amide bonds. The number of nitriles is 1. The van der Waals surface area contributed by atoms with Gasteiger partial charge >= 0.3 is 0 Å². The van der Waals surface area contributed by atoms with Gasteiger partial charge in [0.15, 0.2) is 6.04 Å². The summed E-state index contributed by atoms with van der Waals surface area (Å²) < 4.78 is 0. The predicted octanol–water partition coefficient (Wildman–Crippen LogP) is 0.104. The van der Waals surface area contributed by atoms with Crippen LogP contribution < -0.4 is 20.1 Å². The van der Waals surface area contributed by atoms with Gasteiger partial charge in [-0.15, -0.1) is 0 Å². The van der Waals surface area contributed by atoms with E-state index in [9.17, 15) is 4.79 Å². The van der Waals surface area contributed by atoms with E-state index in [1.165, 1.54) is 4.90 Å². The van der Waals surface area contributed by atoms with Crippen molar-refractivity contribution >= 4 is 17.4 Å². The van der Waals surface area contributed by atoms with E-state index in [1.54, 1.807) is 18.2 Å². The summed E-state index contributed by atoms with van der Waals surface area (Å²) in [5.41, 5.74) is 1.22. The number of aromatic nitrogens is 1. The molecule has 2 heterocycles. The molecular formula is C19H23N5O+2. The van der Waals surface area contributed by atoms with Crippen molar-refractivity contribution in [3.8, 4) is 6.07 Å². The Morgan fingerprint density at radius 2 is 2.08 bits per heavy atom. The molecule has 0 unspecified atom stereocenters. The molecule has 0 spiro atoms. The normalized spacial score (nSPS) is 16.1. The maximum atomic E-state index is 12.5. The van der Waals surface area contributed by atoms with Gasteiger partial charge in [0, 0.05) is 11.8 Å². The molecule has 1 aromatic carbocycles. The average molecular weight is 337 g/mol. The second-order valence-electron chi connectivity index (χ2n) is 6.30. The van der Waals surface area contributed by atoms with Crippen LogP contribution in [-0.2, 0) is 4.79 Å². The van der Waals surface area contributed by atoms with Crippen LogP contribution in [0.1, 0.15) is 12.5 Å². The average Bonchev–Trinajstić information content (AvgIpc) is 2.68. The van der Waals surface area contributed by atoms with Crippen LogP contribution >= 0.6 is 0 Å². The topological polar surface area (TPSA) is 74.7 Å². The van der Waals surface area contributed by atoms with Gasteiger partial charge in [-0.1, -0.05) is 12.1 Å². The van der Waals surface area contributed by atoms with E-state index in [-0.39, 0.29) is 11.9 Å². The number of rotatable bonds is 4. The number of piperazine rings is 1. The lowest BCUT2D eigenvalue weighted by Gasteiger charge is -2.31. The number of nitrogens with one attached hydrogen (secondary N) is 3. The fourth-order valence-electron chi connectivity index (χ4n) is 3.15. The lowest BCUT2D eigenvalue weighted by atomic mass is 10.2. The monoisotopic (exact) mass is 337 g/mol. The third-order valence-electron chi connectivity index (χ3n) is 4.70. The van der Waals surface area contributed by atoms with Crippen LogP contribution in [0.15, 0.2) is 48.7 Å². The molecule has 25 heavy (non-hydrogen) atoms. The van der Waals surface area contributed by atoms with Gasteiger partial charge in [-0.2, -0.15) is 5.26 Å². The number of nitrogens with zero attached hydrogens (tertiary/aromatic N) is 2. The molecule has 1 fully saturated rings. The van der Waals surface area contributed by atoms with E-state index in [4.69, 9.17) is 5.26 Å². The summed E-state index contributed by atoms with van der Waals surface area (Å²) in [5, 5.41) is 11.9. The largest absolute Gasteiger partial charge is 0.321 e. The molecule has 1 aromatic heterocycles. The van der Waals surface area contributed by atoms with Crippen molar-refractivity contribution in [1.29, 1.82) is 5.26 Å². The molecule has 0 saturated carbocycles. The summed E-state index contributed by atoms with van der Waals surface area (Å²) in [5.74, 6) is 1.11. The Morgan fingerprint density at radius 1 is 1.28 bits per heavy atom. The minimum absolute atomic E-state index is 0.00943. The lowest BCUT2D eigenvalue weighted by molar-refractivity contribution is -0.914. The standard InChI is InChI=1S/C19H21N5O/c1-15(19(25)22-17-6-4-5-16(13-17)14-20)23-9-11-24(12-10-23)18-7-2-3-8-21-18/h2-8,13,15H,9-12H2,1H3,(H,22,25)/p+2/t15-/m1/s1. The molecule has 1 atom stereocenters. The molecule has 1 aliphatic heterocycles. The van der Waals surface area contributed by atoms with Crippen LogP contribution in [0.5, 0.6) is 0 Å². The van der Waals surface area contributed by atoms with Crippen molar-refractivity contribution < 1.29 is 14.7 Å². The smallest absolute Gasteiger partial charge is 0.282 e. The first-order valence-corrected chi connectivity index (χ1v) is 8.54. The van der Waals surface area contributed by atoms with Crippen LogP contribution in [0.25, 0.3) is 0 Å². The van der Waals surface area contributed by atoms with Gasteiger partial charge in [-0.25, -0.2) is 4.98 Å². The van der Waals surface area contributed by atoms with E-state index in [0.29, 0.717) is 11.3 Å². The van der Waals surface area contributed by atoms with Gasteiger partial charge in [-0.3, -0.25) is 9.69 Å². The van der Waals surface area contributed by atoms with Crippen LogP contribution in [0.2, 0.25) is 0 Å². The van der Waals surface area contributed by atoms with E-state index >= 15 is 0 Å². The van der Waals surface area contributed by atoms with E-state index in [2.05, 4.69) is 27.3 Å². The van der Waals surface area contributed by atoms with Gasteiger partial charge in [0.1, 0.15) is 26.2 Å². The van der Waals surface area contributed by atoms with Crippen molar-refractivity contribution in [2.75, 3.05) is 36.4 Å². The fourth-order valence-corrected chi connectivity index (χ4v) is 3.15. The molecule has 128 valence electrons. The number of amides is 1. The van der Waals surface area contributed by atoms with Crippen LogP contribution in [0, 0.1) is 11.3 Å². The van der Waals surface area contributed by atoms with Gasteiger partial charge < -0.3 is 10.2 Å². The number of benzene rings is 1. The van der Waals surface area contributed by atoms with E-state index in [0.717, 1.165) is 32.0 Å². The Labute approximate surface area is 147 Å². The first-order chi connectivity index (χ1) is 12.2. The van der Waals surface area contributed by atoms with Crippen LogP contribution in [-0.4, -0.2) is 38.1 Å². The Balaban J connectivity index is 1.56. The second-order valence-corrected chi connectivity index (χ2v) is 6.30. The molecular weight excluding hydrogens is 314 g/mol. The highest BCUT2D eigenvalue weighted by atomic mass is 16.2. The Morgan fingerprint density at radius 3 is 2.76 bits per heavy atom. The SMILES string of the molecule is C[C@H](C(=O)Nc1cccc(C#N)c1)[NH+]1CCN(c2cccc[nH+]2)CC1. The molecule has 2 aromatic rings. The van der Waals surface area contributed by atoms with Gasteiger partial charge in [0.2, 0.25) is 0 Å². The fraction of sp³-hybridized carbons (Fsp3) is 0.316. The number of anilines is 2. The Bertz CT molecular complexity index is 763. The minimum atomic E-state index is -0.132. The quantitative estimate of drug-likeness (QED) is 0.831. The third kappa shape index (κ3) is 4.14. The number of H-pyrrole nitrogens is 1. The highest BCUT2D eigenvalue weighted by Gasteiger charge is 2.32. The van der Waals surface area contributed by atoms with Gasteiger partial charge in [0.25, 0.3) is 11.7 Å². The summed E-state index contributed by atoms with van der Waals surface area (Å²) in [6.07, 6.45) is 1.93. The highest BCUT2D eigenvalue weighted by molar-refractivity contribution is 5.93. The summed E-state index contributed by atoms with van der Waals surface area (Å²) in [4.78, 5) is 19.4. The maximum Gasteiger partial charge on any atom is 0.282 e. The molecule has 6 heteroatoms. The summed E-state index contributed by atoms with van der Waals surface area (Å²) in [6.45, 7) is 5.61. The lowest BCUT2D eigenvalue weighted by Crippen LogP contribution is -3.19. The van der Waals surface area contributed by atoms with Crippen molar-refractivity contribution in [3.63, 3.8) is 0 Å². The summed E-state index contributed by atoms with van der Waals surface area (Å²) in [6, 6.07) is 15.0. The predicted molar refractivity (Wildman–Crippen MR) is 95.2 cm³/mol. The van der Waals surface area contributed by atoms with Crippen molar-refractivity contribution in [1.82, 2.24) is 0 Å². The molecule has 3 N–H and O–H groups in total. The van der Waals surface area contributed by atoms with Crippen LogP contribution in [0.4, 0.5) is 11.5 Å². The number of hydrogen-bond donors (Lipinski definition) is 2. The van der Waals surface area contributed by atoms with Crippen LogP contribution in [0.3, 0.4) is 0 Å². The zero-order chi connectivity index (χ0) is 17.6. The molecule has 6 nitrogen and oxygen atoms in total. The molecule has 1 saturated heterocycles. The third-order valence-corrected chi connectivity index (χ3v) is 4.70. The highest BCUT2D eigenvalue weighted by Crippen LogP contribution is 2.10. The van der Waals surface area contributed by atoms with Gasteiger partial charge in [0.05, 0.1) is 17.8 Å². The number of quaternary nitrogens is 1. The molecule has 0 aliphatic carbocycles. The number of pyridine rings is 1. The zero-order valence-electron chi connectivity index (χ0n) is 14.3. The Kier molecular flexibility index (Phi) is 5.26. The Hall–Kier alpha value is -2.91. The van der Waals surface area contributed by atoms with Crippen molar-refractivity contribution in [2.24, 2.45) is 0 Å². The van der Waals surface area contributed by atoms with Crippen molar-refractivity contribution in [2.45, 2.75) is 13.0 Å². The molecule has 3 rings (SSSR count). The maximum absolute atomic E-state index is 12.5. The number of carbonyl (C=O) groups excluding carboxylic acids is 1. The first-order valence-electron chi connectivity index (χ1n) is 8.54.